The third-order valence-electron chi connectivity index (χ3n) is 3.68. The lowest BCUT2D eigenvalue weighted by molar-refractivity contribution is 0.0520. The summed E-state index contributed by atoms with van der Waals surface area (Å²) in [6, 6.07) is 0. The number of likely N-dealkylation sites (N-methyl/N-ethyl adjacent to an activating group) is 1. The number of anilines is 1. The molecule has 0 amide bonds. The van der Waals surface area contributed by atoms with Crippen LogP contribution < -0.4 is 4.90 Å². The fourth-order valence-electron chi connectivity index (χ4n) is 2.49. The van der Waals surface area contributed by atoms with Crippen molar-refractivity contribution in [3.05, 3.63) is 22.7 Å². The van der Waals surface area contributed by atoms with E-state index >= 15 is 0 Å². The second kappa shape index (κ2) is 6.21. The van der Waals surface area contributed by atoms with Gasteiger partial charge in [0.15, 0.2) is 17.2 Å². The molecule has 0 bridgehead atoms. The SMILES string of the molecule is CCOC(=O)c1cn2cc(Br)nc(N3CCN(C)CC3)c2n1. The summed E-state index contributed by atoms with van der Waals surface area (Å²) >= 11 is 3.43. The highest BCUT2D eigenvalue weighted by atomic mass is 79.9. The van der Waals surface area contributed by atoms with Gasteiger partial charge in [-0.25, -0.2) is 14.8 Å². The van der Waals surface area contributed by atoms with Gasteiger partial charge in [0.1, 0.15) is 4.60 Å². The van der Waals surface area contributed by atoms with Crippen LogP contribution in [0.15, 0.2) is 17.0 Å². The molecule has 118 valence electrons. The van der Waals surface area contributed by atoms with Crippen LogP contribution in [0.1, 0.15) is 17.4 Å². The third-order valence-corrected chi connectivity index (χ3v) is 4.06. The standard InChI is InChI=1S/C14H18BrN5O2/c1-3-22-14(21)10-8-20-9-11(15)17-13(12(20)16-10)19-6-4-18(2)5-7-19/h8-9H,3-7H2,1-2H3. The average Bonchev–Trinajstić information content (AvgIpc) is 2.91. The van der Waals surface area contributed by atoms with E-state index in [4.69, 9.17) is 4.74 Å². The lowest BCUT2D eigenvalue weighted by atomic mass is 10.3. The maximum absolute atomic E-state index is 11.9. The zero-order valence-electron chi connectivity index (χ0n) is 12.6. The Hall–Kier alpha value is -1.67. The molecule has 0 radical (unpaired) electrons. The summed E-state index contributed by atoms with van der Waals surface area (Å²) in [6.07, 6.45) is 3.48. The molecule has 22 heavy (non-hydrogen) atoms. The lowest BCUT2D eigenvalue weighted by Gasteiger charge is -2.33. The molecule has 1 saturated heterocycles. The van der Waals surface area contributed by atoms with Crippen LogP contribution in [0.4, 0.5) is 5.82 Å². The number of imidazole rings is 1. The number of nitrogens with zero attached hydrogens (tertiary/aromatic N) is 5. The van der Waals surface area contributed by atoms with E-state index in [2.05, 4.69) is 42.7 Å². The van der Waals surface area contributed by atoms with E-state index in [1.165, 1.54) is 0 Å². The smallest absolute Gasteiger partial charge is 0.358 e. The normalized spacial score (nSPS) is 16.2. The summed E-state index contributed by atoms with van der Waals surface area (Å²) in [5, 5.41) is 0. The fraction of sp³-hybridized carbons (Fsp3) is 0.500. The molecule has 2 aromatic heterocycles. The Balaban J connectivity index is 2.00. The van der Waals surface area contributed by atoms with Crippen molar-refractivity contribution in [3.63, 3.8) is 0 Å². The van der Waals surface area contributed by atoms with Crippen LogP contribution in [0.3, 0.4) is 0 Å². The van der Waals surface area contributed by atoms with Crippen LogP contribution in [0.25, 0.3) is 5.65 Å². The number of rotatable bonds is 3. The van der Waals surface area contributed by atoms with Crippen LogP contribution in [0.5, 0.6) is 0 Å². The minimum Gasteiger partial charge on any atom is -0.461 e. The topological polar surface area (TPSA) is 63.0 Å². The highest BCUT2D eigenvalue weighted by molar-refractivity contribution is 9.10. The van der Waals surface area contributed by atoms with E-state index in [9.17, 15) is 4.79 Å². The van der Waals surface area contributed by atoms with Crippen LogP contribution in [-0.4, -0.2) is 65.1 Å². The van der Waals surface area contributed by atoms with Crippen molar-refractivity contribution in [2.75, 3.05) is 44.7 Å². The molecule has 1 aliphatic rings. The third kappa shape index (κ3) is 2.93. The molecule has 1 aliphatic heterocycles. The molecule has 0 saturated carbocycles. The molecule has 2 aromatic rings. The van der Waals surface area contributed by atoms with Crippen LogP contribution in [-0.2, 0) is 4.74 Å². The minimum absolute atomic E-state index is 0.303. The van der Waals surface area contributed by atoms with Crippen molar-refractivity contribution >= 4 is 33.4 Å². The number of aromatic nitrogens is 3. The summed E-state index contributed by atoms with van der Waals surface area (Å²) < 4.78 is 7.55. The molecular formula is C14H18BrN5O2. The Labute approximate surface area is 137 Å². The van der Waals surface area contributed by atoms with E-state index in [0.29, 0.717) is 22.6 Å². The van der Waals surface area contributed by atoms with Gasteiger partial charge in [0, 0.05) is 38.6 Å². The average molecular weight is 368 g/mol. The van der Waals surface area contributed by atoms with Crippen LogP contribution in [0.2, 0.25) is 0 Å². The molecule has 1 fully saturated rings. The molecule has 0 atom stereocenters. The molecule has 0 unspecified atom stereocenters. The number of esters is 1. The Morgan fingerprint density at radius 2 is 2.00 bits per heavy atom. The fourth-order valence-corrected chi connectivity index (χ4v) is 2.87. The monoisotopic (exact) mass is 367 g/mol. The summed E-state index contributed by atoms with van der Waals surface area (Å²) in [6.45, 7) is 5.84. The Morgan fingerprint density at radius 3 is 2.68 bits per heavy atom. The summed E-state index contributed by atoms with van der Waals surface area (Å²) in [5.74, 6) is 0.379. The predicted molar refractivity (Wildman–Crippen MR) is 86.4 cm³/mol. The lowest BCUT2D eigenvalue weighted by Crippen LogP contribution is -2.45. The maximum atomic E-state index is 11.9. The molecule has 3 heterocycles. The molecule has 0 spiro atoms. The summed E-state index contributed by atoms with van der Waals surface area (Å²) in [5.41, 5.74) is 0.980. The molecule has 3 rings (SSSR count). The molecule has 7 nitrogen and oxygen atoms in total. The van der Waals surface area contributed by atoms with Crippen molar-refractivity contribution in [2.45, 2.75) is 6.92 Å². The number of fused-ring (bicyclic) bond motifs is 1. The van der Waals surface area contributed by atoms with Gasteiger partial charge >= 0.3 is 5.97 Å². The van der Waals surface area contributed by atoms with Gasteiger partial charge in [-0.05, 0) is 29.9 Å². The number of halogens is 1. The van der Waals surface area contributed by atoms with Gasteiger partial charge in [-0.1, -0.05) is 0 Å². The Morgan fingerprint density at radius 1 is 1.27 bits per heavy atom. The summed E-state index contributed by atoms with van der Waals surface area (Å²) in [7, 11) is 2.11. The van der Waals surface area contributed by atoms with Crippen molar-refractivity contribution in [1.29, 1.82) is 0 Å². The van der Waals surface area contributed by atoms with Crippen molar-refractivity contribution in [1.82, 2.24) is 19.3 Å². The first-order chi connectivity index (χ1) is 10.6. The number of carbonyl (C=O) groups excluding carboxylic acids is 1. The molecule has 0 N–H and O–H groups in total. The first-order valence-corrected chi connectivity index (χ1v) is 8.03. The highest BCUT2D eigenvalue weighted by Crippen LogP contribution is 2.23. The molecular weight excluding hydrogens is 350 g/mol. The number of ether oxygens (including phenoxy) is 1. The van der Waals surface area contributed by atoms with E-state index < -0.39 is 5.97 Å². The second-order valence-corrected chi connectivity index (χ2v) is 6.07. The molecule has 8 heteroatoms. The number of hydrogen-bond acceptors (Lipinski definition) is 6. The van der Waals surface area contributed by atoms with E-state index in [1.807, 2.05) is 4.40 Å². The molecule has 0 aromatic carbocycles. The minimum atomic E-state index is -0.411. The van der Waals surface area contributed by atoms with Gasteiger partial charge in [-0.15, -0.1) is 0 Å². The van der Waals surface area contributed by atoms with Gasteiger partial charge < -0.3 is 18.9 Å². The van der Waals surface area contributed by atoms with E-state index in [-0.39, 0.29) is 0 Å². The van der Waals surface area contributed by atoms with Gasteiger partial charge in [0.05, 0.1) is 6.61 Å². The van der Waals surface area contributed by atoms with E-state index in [0.717, 1.165) is 32.0 Å². The van der Waals surface area contributed by atoms with Gasteiger partial charge in [-0.2, -0.15) is 0 Å². The largest absolute Gasteiger partial charge is 0.461 e. The van der Waals surface area contributed by atoms with Crippen LogP contribution in [0, 0.1) is 0 Å². The zero-order chi connectivity index (χ0) is 15.7. The number of carbonyl (C=O) groups is 1. The predicted octanol–water partition coefficient (Wildman–Crippen LogP) is 1.42. The van der Waals surface area contributed by atoms with Crippen molar-refractivity contribution < 1.29 is 9.53 Å². The van der Waals surface area contributed by atoms with Crippen molar-refractivity contribution in [2.24, 2.45) is 0 Å². The summed E-state index contributed by atoms with van der Waals surface area (Å²) in [4.78, 5) is 25.3. The van der Waals surface area contributed by atoms with Gasteiger partial charge in [0.25, 0.3) is 0 Å². The van der Waals surface area contributed by atoms with Gasteiger partial charge in [0.2, 0.25) is 0 Å². The van der Waals surface area contributed by atoms with Gasteiger partial charge in [-0.3, -0.25) is 0 Å². The maximum Gasteiger partial charge on any atom is 0.358 e. The second-order valence-electron chi connectivity index (χ2n) is 5.26. The zero-order valence-corrected chi connectivity index (χ0v) is 14.2. The van der Waals surface area contributed by atoms with Crippen LogP contribution >= 0.6 is 15.9 Å². The first-order valence-electron chi connectivity index (χ1n) is 7.24. The number of piperazine rings is 1. The molecule has 0 aliphatic carbocycles. The Bertz CT molecular complexity index is 694. The quantitative estimate of drug-likeness (QED) is 0.764. The Kier molecular flexibility index (Phi) is 4.30. The number of hydrogen-bond donors (Lipinski definition) is 0. The highest BCUT2D eigenvalue weighted by Gasteiger charge is 2.21. The van der Waals surface area contributed by atoms with E-state index in [1.54, 1.807) is 19.3 Å². The van der Waals surface area contributed by atoms with Crippen molar-refractivity contribution in [3.8, 4) is 0 Å². The first kappa shape index (κ1) is 15.2.